The maximum atomic E-state index is 13.0. The van der Waals surface area contributed by atoms with Crippen LogP contribution in [0.5, 0.6) is 0 Å². The minimum atomic E-state index is -1.50. The third kappa shape index (κ3) is 2.57. The Morgan fingerprint density at radius 1 is 0.842 bits per heavy atom. The molecule has 186 valence electrons. The molecular formula is C29H21N5O4. The van der Waals surface area contributed by atoms with E-state index in [1.807, 2.05) is 36.4 Å². The number of aliphatic hydroxyl groups is 3. The van der Waals surface area contributed by atoms with Crippen LogP contribution in [-0.4, -0.2) is 47.0 Å². The number of imidazole rings is 1. The van der Waals surface area contributed by atoms with Crippen LogP contribution < -0.4 is 11.3 Å². The zero-order chi connectivity index (χ0) is 25.9. The Labute approximate surface area is 213 Å². The number of nitrogens with two attached hydrogens (primary N) is 1. The van der Waals surface area contributed by atoms with Crippen molar-refractivity contribution in [1.29, 1.82) is 0 Å². The van der Waals surface area contributed by atoms with Gasteiger partial charge in [0.05, 0.1) is 12.4 Å². The van der Waals surface area contributed by atoms with Crippen molar-refractivity contribution in [2.24, 2.45) is 0 Å². The first kappa shape index (κ1) is 21.5. The van der Waals surface area contributed by atoms with Crippen LogP contribution in [0.3, 0.4) is 0 Å². The van der Waals surface area contributed by atoms with E-state index in [1.165, 1.54) is 10.9 Å². The highest BCUT2D eigenvalue weighted by Gasteiger charge is 2.44. The molecule has 9 heteroatoms. The number of aromatic nitrogens is 4. The Kier molecular flexibility index (Phi) is 4.11. The van der Waals surface area contributed by atoms with Crippen LogP contribution in [0.4, 0.5) is 5.95 Å². The van der Waals surface area contributed by atoms with Gasteiger partial charge in [0, 0.05) is 0 Å². The number of nitrogens with zero attached hydrogens (tertiary/aromatic N) is 3. The van der Waals surface area contributed by atoms with Crippen molar-refractivity contribution in [3.63, 3.8) is 0 Å². The Morgan fingerprint density at radius 3 is 2.42 bits per heavy atom. The number of nitrogen functional groups attached to an aromatic ring is 1. The molecule has 0 radical (unpaired) electrons. The first-order valence-electron chi connectivity index (χ1n) is 12.3. The van der Waals surface area contributed by atoms with Crippen LogP contribution in [-0.2, 0) is 0 Å². The van der Waals surface area contributed by atoms with Crippen LogP contribution in [0.1, 0.15) is 23.3 Å². The van der Waals surface area contributed by atoms with Gasteiger partial charge < -0.3 is 25.6 Å². The number of fused-ring (bicyclic) bond motifs is 6. The van der Waals surface area contributed by atoms with Crippen molar-refractivity contribution in [1.82, 2.24) is 19.5 Å². The van der Waals surface area contributed by atoms with Gasteiger partial charge in [-0.1, -0.05) is 54.6 Å². The molecule has 0 bridgehead atoms. The third-order valence-electron chi connectivity index (χ3n) is 8.07. The summed E-state index contributed by atoms with van der Waals surface area (Å²) in [7, 11) is 0. The normalized spacial score (nSPS) is 21.8. The highest BCUT2D eigenvalue weighted by Crippen LogP contribution is 2.49. The monoisotopic (exact) mass is 503 g/mol. The van der Waals surface area contributed by atoms with Crippen molar-refractivity contribution < 1.29 is 15.3 Å². The number of hydrogen-bond acceptors (Lipinski definition) is 7. The van der Waals surface area contributed by atoms with Crippen LogP contribution in [0.25, 0.3) is 54.3 Å². The summed E-state index contributed by atoms with van der Waals surface area (Å²) in [5.41, 5.74) is 6.60. The summed E-state index contributed by atoms with van der Waals surface area (Å²) in [4.78, 5) is 23.9. The number of benzene rings is 5. The van der Waals surface area contributed by atoms with E-state index in [4.69, 9.17) is 5.73 Å². The average Bonchev–Trinajstić information content (AvgIpc) is 3.34. The lowest BCUT2D eigenvalue weighted by molar-refractivity contribution is -0.0834. The Bertz CT molecular complexity index is 2150. The fourth-order valence-corrected chi connectivity index (χ4v) is 6.52. The molecule has 1 aliphatic carbocycles. The number of anilines is 1. The number of rotatable bonds is 1. The molecule has 7 aromatic rings. The predicted octanol–water partition coefficient (Wildman–Crippen LogP) is 3.11. The summed E-state index contributed by atoms with van der Waals surface area (Å²) in [6.07, 6.45) is -2.85. The first-order valence-corrected chi connectivity index (χ1v) is 12.3. The van der Waals surface area contributed by atoms with E-state index in [0.29, 0.717) is 11.1 Å². The lowest BCUT2D eigenvalue weighted by Gasteiger charge is -2.39. The van der Waals surface area contributed by atoms with E-state index in [-0.39, 0.29) is 17.1 Å². The molecule has 0 saturated heterocycles. The molecule has 0 spiro atoms. The van der Waals surface area contributed by atoms with Gasteiger partial charge in [0.1, 0.15) is 18.3 Å². The topological polar surface area (TPSA) is 150 Å². The molecule has 8 rings (SSSR count). The smallest absolute Gasteiger partial charge is 0.278 e. The van der Waals surface area contributed by atoms with Gasteiger partial charge in [-0.25, -0.2) is 4.98 Å². The summed E-state index contributed by atoms with van der Waals surface area (Å²) in [5, 5.41) is 41.7. The van der Waals surface area contributed by atoms with Gasteiger partial charge in [0.2, 0.25) is 5.95 Å². The first-order chi connectivity index (χ1) is 18.4. The molecule has 9 nitrogen and oxygen atoms in total. The quantitative estimate of drug-likeness (QED) is 0.171. The molecule has 0 amide bonds. The fourth-order valence-electron chi connectivity index (χ4n) is 6.52. The number of hydrogen-bond donors (Lipinski definition) is 5. The Balaban J connectivity index is 1.62. The second-order valence-corrected chi connectivity index (χ2v) is 10.0. The Morgan fingerprint density at radius 2 is 1.58 bits per heavy atom. The summed E-state index contributed by atoms with van der Waals surface area (Å²) < 4.78 is 1.53. The third-order valence-corrected chi connectivity index (χ3v) is 8.07. The van der Waals surface area contributed by atoms with Gasteiger partial charge in [0.15, 0.2) is 11.2 Å². The van der Waals surface area contributed by atoms with E-state index >= 15 is 0 Å². The van der Waals surface area contributed by atoms with Crippen molar-refractivity contribution in [3.8, 4) is 0 Å². The second kappa shape index (κ2) is 7.26. The van der Waals surface area contributed by atoms with Gasteiger partial charge in [-0.15, -0.1) is 0 Å². The molecule has 38 heavy (non-hydrogen) atoms. The zero-order valence-electron chi connectivity index (χ0n) is 19.8. The van der Waals surface area contributed by atoms with E-state index in [2.05, 4.69) is 39.2 Å². The lowest BCUT2D eigenvalue weighted by atomic mass is 9.76. The molecule has 0 saturated carbocycles. The molecule has 0 unspecified atom stereocenters. The van der Waals surface area contributed by atoms with Gasteiger partial charge in [0.25, 0.3) is 5.56 Å². The molecule has 2 heterocycles. The molecule has 4 atom stereocenters. The molecule has 6 N–H and O–H groups in total. The van der Waals surface area contributed by atoms with Crippen LogP contribution >= 0.6 is 0 Å². The molecule has 1 aliphatic rings. The maximum Gasteiger partial charge on any atom is 0.278 e. The van der Waals surface area contributed by atoms with Crippen molar-refractivity contribution >= 4 is 60.2 Å². The summed E-state index contributed by atoms with van der Waals surface area (Å²) in [6.45, 7) is 0. The van der Waals surface area contributed by atoms with Crippen LogP contribution in [0.15, 0.2) is 71.8 Å². The van der Waals surface area contributed by atoms with E-state index in [0.717, 1.165) is 43.1 Å². The SMILES string of the molecule is Nc1nc2ncn([C@H]3c4c(cc5ccc6cccc7c8ccccc8c4c5c67)[C@@H](O)[C@H](O)[C@H]3O)c2c(=O)[nH]1. The fraction of sp³-hybridized carbons (Fsp3) is 0.138. The summed E-state index contributed by atoms with van der Waals surface area (Å²) in [5.74, 6) is -0.0678. The Hall–Kier alpha value is -4.57. The second-order valence-electron chi connectivity index (χ2n) is 10.0. The zero-order valence-corrected chi connectivity index (χ0v) is 19.8. The highest BCUT2D eigenvalue weighted by atomic mass is 16.4. The molecular weight excluding hydrogens is 482 g/mol. The number of nitrogens with one attached hydrogen (secondary N) is 1. The molecule has 2 aromatic heterocycles. The molecule has 5 aromatic carbocycles. The van der Waals surface area contributed by atoms with E-state index in [1.54, 1.807) is 0 Å². The predicted molar refractivity (Wildman–Crippen MR) is 145 cm³/mol. The van der Waals surface area contributed by atoms with Crippen molar-refractivity contribution in [3.05, 3.63) is 88.5 Å². The van der Waals surface area contributed by atoms with Crippen LogP contribution in [0, 0.1) is 0 Å². The highest BCUT2D eigenvalue weighted by molar-refractivity contribution is 6.34. The minimum absolute atomic E-state index is 0.0678. The van der Waals surface area contributed by atoms with Crippen molar-refractivity contribution in [2.45, 2.75) is 24.4 Å². The van der Waals surface area contributed by atoms with E-state index < -0.39 is 29.9 Å². The molecule has 0 aliphatic heterocycles. The van der Waals surface area contributed by atoms with Gasteiger partial charge in [-0.3, -0.25) is 9.78 Å². The van der Waals surface area contributed by atoms with Crippen LogP contribution in [0.2, 0.25) is 0 Å². The summed E-state index contributed by atoms with van der Waals surface area (Å²) >= 11 is 0. The number of H-pyrrole nitrogens is 1. The van der Waals surface area contributed by atoms with Gasteiger partial charge in [-0.2, -0.15) is 4.98 Å². The molecule has 0 fully saturated rings. The largest absolute Gasteiger partial charge is 0.388 e. The average molecular weight is 504 g/mol. The number of aromatic amines is 1. The van der Waals surface area contributed by atoms with Gasteiger partial charge >= 0.3 is 0 Å². The minimum Gasteiger partial charge on any atom is -0.388 e. The standard InChI is InChI=1S/C29H21N5O4/c30-29-32-27-23(28(38)33-29)34(11-31-27)22-21-17(24(35)26(37)25(22)36)10-13-9-8-12-4-3-7-15-14-5-1-2-6-16(14)20(21)19(13)18(12)15/h1-11,22,24-26,35-37H,(H3,30,32,33,38)/t22-,24+,25-,26-/m0/s1. The maximum absolute atomic E-state index is 13.0. The van der Waals surface area contributed by atoms with E-state index in [9.17, 15) is 20.1 Å². The van der Waals surface area contributed by atoms with Crippen molar-refractivity contribution in [2.75, 3.05) is 5.73 Å². The summed E-state index contributed by atoms with van der Waals surface area (Å²) in [6, 6.07) is 19.3. The number of aliphatic hydroxyl groups excluding tert-OH is 3. The lowest BCUT2D eigenvalue weighted by Crippen LogP contribution is -2.44. The van der Waals surface area contributed by atoms with Gasteiger partial charge in [-0.05, 0) is 60.3 Å².